The molecule has 0 aromatic heterocycles. The summed E-state index contributed by atoms with van der Waals surface area (Å²) in [4.78, 5) is 33.5. The van der Waals surface area contributed by atoms with Crippen molar-refractivity contribution in [2.45, 2.75) is 6.92 Å². The predicted octanol–water partition coefficient (Wildman–Crippen LogP) is 0.574. The second-order valence-corrected chi connectivity index (χ2v) is 3.14. The molecule has 0 atom stereocenters. The first-order chi connectivity index (χ1) is 7.56. The summed E-state index contributed by atoms with van der Waals surface area (Å²) in [6, 6.07) is 6.51. The third-order valence-electron chi connectivity index (χ3n) is 1.99. The monoisotopic (exact) mass is 220 g/mol. The highest BCUT2D eigenvalue weighted by Crippen LogP contribution is 2.15. The van der Waals surface area contributed by atoms with Crippen LogP contribution in [0.1, 0.15) is 17.3 Å². The lowest BCUT2D eigenvalue weighted by Gasteiger charge is -2.07. The molecule has 1 aromatic carbocycles. The molecule has 0 unspecified atom stereocenters. The van der Waals surface area contributed by atoms with Gasteiger partial charge in [0, 0.05) is 12.6 Å². The van der Waals surface area contributed by atoms with E-state index in [2.05, 4.69) is 10.6 Å². The lowest BCUT2D eigenvalue weighted by Crippen LogP contribution is -2.33. The number of benzene rings is 1. The molecule has 0 radical (unpaired) electrons. The van der Waals surface area contributed by atoms with E-state index < -0.39 is 11.8 Å². The molecule has 0 aliphatic carbocycles. The Balaban J connectivity index is 2.93. The molecule has 1 aromatic rings. The smallest absolute Gasteiger partial charge is 0.313 e. The number of para-hydroxylation sites is 1. The number of likely N-dealkylation sites (N-methyl/N-ethyl adjacent to an activating group) is 1. The number of carbonyl (C=O) groups excluding carboxylic acids is 3. The Morgan fingerprint density at radius 2 is 1.69 bits per heavy atom. The summed E-state index contributed by atoms with van der Waals surface area (Å²) in [6.07, 6.45) is 0. The summed E-state index contributed by atoms with van der Waals surface area (Å²) in [5.74, 6) is -1.72. The van der Waals surface area contributed by atoms with Crippen molar-refractivity contribution in [3.63, 3.8) is 0 Å². The van der Waals surface area contributed by atoms with E-state index in [0.717, 1.165) is 0 Å². The standard InChI is InChI=1S/C11H12N2O3/c1-7(14)8-5-3-4-6-9(8)13-11(16)10(15)12-2/h3-6H,1-2H3,(H,12,15)(H,13,16). The topological polar surface area (TPSA) is 75.3 Å². The first kappa shape index (κ1) is 11.9. The second-order valence-electron chi connectivity index (χ2n) is 3.14. The minimum absolute atomic E-state index is 0.173. The van der Waals surface area contributed by atoms with Crippen LogP contribution in [0, 0.1) is 0 Å². The molecule has 0 spiro atoms. The minimum atomic E-state index is -0.795. The van der Waals surface area contributed by atoms with Crippen molar-refractivity contribution >= 4 is 23.3 Å². The lowest BCUT2D eigenvalue weighted by molar-refractivity contribution is -0.135. The van der Waals surface area contributed by atoms with Crippen LogP contribution in [0.3, 0.4) is 0 Å². The van der Waals surface area contributed by atoms with E-state index >= 15 is 0 Å². The fourth-order valence-electron chi connectivity index (χ4n) is 1.19. The summed E-state index contributed by atoms with van der Waals surface area (Å²) in [5.41, 5.74) is 0.711. The molecule has 2 N–H and O–H groups in total. The van der Waals surface area contributed by atoms with Crippen LogP contribution in [0.2, 0.25) is 0 Å². The Kier molecular flexibility index (Phi) is 3.77. The van der Waals surface area contributed by atoms with Crippen LogP contribution >= 0.6 is 0 Å². The van der Waals surface area contributed by atoms with Crippen LogP contribution in [0.5, 0.6) is 0 Å². The fraction of sp³-hybridized carbons (Fsp3) is 0.182. The van der Waals surface area contributed by atoms with E-state index in [0.29, 0.717) is 11.3 Å². The highest BCUT2D eigenvalue weighted by Gasteiger charge is 2.14. The maximum atomic E-state index is 11.3. The quantitative estimate of drug-likeness (QED) is 0.565. The highest BCUT2D eigenvalue weighted by atomic mass is 16.2. The third-order valence-corrected chi connectivity index (χ3v) is 1.99. The average Bonchev–Trinajstić information content (AvgIpc) is 2.28. The molecule has 0 saturated carbocycles. The zero-order valence-corrected chi connectivity index (χ0v) is 9.03. The Morgan fingerprint density at radius 1 is 1.06 bits per heavy atom. The van der Waals surface area contributed by atoms with E-state index in [-0.39, 0.29) is 5.78 Å². The van der Waals surface area contributed by atoms with Gasteiger partial charge >= 0.3 is 11.8 Å². The summed E-state index contributed by atoms with van der Waals surface area (Å²) >= 11 is 0. The van der Waals surface area contributed by atoms with Crippen LogP contribution in [-0.4, -0.2) is 24.6 Å². The molecule has 1 rings (SSSR count). The van der Waals surface area contributed by atoms with Crippen LogP contribution in [0.15, 0.2) is 24.3 Å². The molecule has 0 bridgehead atoms. The molecule has 0 saturated heterocycles. The molecule has 0 aliphatic rings. The first-order valence-electron chi connectivity index (χ1n) is 4.69. The molecule has 0 heterocycles. The number of rotatable bonds is 2. The number of amides is 2. The normalized spacial score (nSPS) is 9.38. The number of hydrogen-bond acceptors (Lipinski definition) is 3. The number of hydrogen-bond donors (Lipinski definition) is 2. The van der Waals surface area contributed by atoms with Crippen molar-refractivity contribution in [3.8, 4) is 0 Å². The second kappa shape index (κ2) is 5.06. The highest BCUT2D eigenvalue weighted by molar-refractivity contribution is 6.39. The molecule has 0 aliphatic heterocycles. The molecule has 5 heteroatoms. The lowest BCUT2D eigenvalue weighted by atomic mass is 10.1. The SMILES string of the molecule is CNC(=O)C(=O)Nc1ccccc1C(C)=O. The van der Waals surface area contributed by atoms with Gasteiger partial charge in [-0.25, -0.2) is 0 Å². The van der Waals surface area contributed by atoms with E-state index in [4.69, 9.17) is 0 Å². The zero-order chi connectivity index (χ0) is 12.1. The third kappa shape index (κ3) is 2.66. The van der Waals surface area contributed by atoms with Gasteiger partial charge in [-0.1, -0.05) is 12.1 Å². The van der Waals surface area contributed by atoms with Gasteiger partial charge < -0.3 is 10.6 Å². The summed E-state index contributed by atoms with van der Waals surface area (Å²) < 4.78 is 0. The van der Waals surface area contributed by atoms with Crippen molar-refractivity contribution in [2.24, 2.45) is 0 Å². The number of anilines is 1. The first-order valence-corrected chi connectivity index (χ1v) is 4.69. The predicted molar refractivity (Wildman–Crippen MR) is 59.1 cm³/mol. The molecule has 84 valence electrons. The number of carbonyl (C=O) groups is 3. The van der Waals surface area contributed by atoms with Gasteiger partial charge in [-0.05, 0) is 19.1 Å². The Labute approximate surface area is 92.8 Å². The van der Waals surface area contributed by atoms with Gasteiger partial charge in [0.1, 0.15) is 0 Å². The number of nitrogens with one attached hydrogen (secondary N) is 2. The molecular weight excluding hydrogens is 208 g/mol. The van der Waals surface area contributed by atoms with E-state index in [1.165, 1.54) is 14.0 Å². The van der Waals surface area contributed by atoms with Gasteiger partial charge in [0.25, 0.3) is 0 Å². The van der Waals surface area contributed by atoms with Gasteiger partial charge in [-0.15, -0.1) is 0 Å². The van der Waals surface area contributed by atoms with Crippen LogP contribution in [0.25, 0.3) is 0 Å². The van der Waals surface area contributed by atoms with Crippen LogP contribution in [-0.2, 0) is 9.59 Å². The minimum Gasteiger partial charge on any atom is -0.351 e. The molecule has 0 fully saturated rings. The van der Waals surface area contributed by atoms with Crippen LogP contribution < -0.4 is 10.6 Å². The van der Waals surface area contributed by atoms with Gasteiger partial charge in [-0.3, -0.25) is 14.4 Å². The van der Waals surface area contributed by atoms with Crippen molar-refractivity contribution in [3.05, 3.63) is 29.8 Å². The van der Waals surface area contributed by atoms with Gasteiger partial charge in [-0.2, -0.15) is 0 Å². The van der Waals surface area contributed by atoms with E-state index in [1.54, 1.807) is 24.3 Å². The summed E-state index contributed by atoms with van der Waals surface area (Å²) in [7, 11) is 1.36. The summed E-state index contributed by atoms with van der Waals surface area (Å²) in [6.45, 7) is 1.39. The van der Waals surface area contributed by atoms with E-state index in [9.17, 15) is 14.4 Å². The van der Waals surface area contributed by atoms with Crippen molar-refractivity contribution in [2.75, 3.05) is 12.4 Å². The van der Waals surface area contributed by atoms with Crippen molar-refractivity contribution < 1.29 is 14.4 Å². The summed E-state index contributed by atoms with van der Waals surface area (Å²) in [5, 5.41) is 4.57. The van der Waals surface area contributed by atoms with Gasteiger partial charge in [0.05, 0.1) is 5.69 Å². The largest absolute Gasteiger partial charge is 0.351 e. The Bertz CT molecular complexity index is 441. The Hall–Kier alpha value is -2.17. The maximum absolute atomic E-state index is 11.3. The van der Waals surface area contributed by atoms with Crippen LogP contribution in [0.4, 0.5) is 5.69 Å². The molecular formula is C11H12N2O3. The molecule has 2 amide bonds. The molecule has 16 heavy (non-hydrogen) atoms. The maximum Gasteiger partial charge on any atom is 0.313 e. The van der Waals surface area contributed by atoms with E-state index in [1.807, 2.05) is 0 Å². The Morgan fingerprint density at radius 3 is 2.25 bits per heavy atom. The van der Waals surface area contributed by atoms with Crippen molar-refractivity contribution in [1.29, 1.82) is 0 Å². The van der Waals surface area contributed by atoms with Crippen molar-refractivity contribution in [1.82, 2.24) is 5.32 Å². The fourth-order valence-corrected chi connectivity index (χ4v) is 1.19. The number of ketones is 1. The van der Waals surface area contributed by atoms with Gasteiger partial charge in [0.2, 0.25) is 0 Å². The molecule has 5 nitrogen and oxygen atoms in total. The number of Topliss-reactive ketones (excluding diaryl/α,β-unsaturated/α-hetero) is 1. The zero-order valence-electron chi connectivity index (χ0n) is 9.03. The average molecular weight is 220 g/mol. The van der Waals surface area contributed by atoms with Gasteiger partial charge in [0.15, 0.2) is 5.78 Å².